The molecule has 0 atom stereocenters. The quantitative estimate of drug-likeness (QED) is 0.721. The van der Waals surface area contributed by atoms with Crippen LogP contribution in [0.25, 0.3) is 0 Å². The molecule has 2 N–H and O–H groups in total. The van der Waals surface area contributed by atoms with Gasteiger partial charge in [0.05, 0.1) is 23.1 Å². The van der Waals surface area contributed by atoms with Crippen molar-refractivity contribution in [1.29, 1.82) is 0 Å². The molecule has 0 aliphatic heterocycles. The predicted octanol–water partition coefficient (Wildman–Crippen LogP) is 3.36. The molecule has 140 valence electrons. The smallest absolute Gasteiger partial charge is 0.352 e. The molecular weight excluding hydrogens is 381 g/mol. The van der Waals surface area contributed by atoms with Crippen LogP contribution in [0.2, 0.25) is 0 Å². The summed E-state index contributed by atoms with van der Waals surface area (Å²) in [4.78, 5) is 11.9. The van der Waals surface area contributed by atoms with E-state index >= 15 is 0 Å². The average Bonchev–Trinajstić information content (AvgIpc) is 2.42. The molecule has 10 heteroatoms. The predicted molar refractivity (Wildman–Crippen MR) is 89.3 cm³/mol. The first kappa shape index (κ1) is 19.8. The third-order valence-corrected chi connectivity index (χ3v) is 5.15. The lowest BCUT2D eigenvalue weighted by Crippen LogP contribution is -2.36. The number of nitrogens with one attached hydrogen (secondary N) is 2. The zero-order chi connectivity index (χ0) is 18.9. The van der Waals surface area contributed by atoms with E-state index in [0.29, 0.717) is 18.6 Å². The largest absolute Gasteiger partial charge is 0.416 e. The van der Waals surface area contributed by atoms with Crippen molar-refractivity contribution in [3.63, 3.8) is 0 Å². The second kappa shape index (κ2) is 7.03. The minimum atomic E-state index is -4.65. The standard InChI is InChI=1S/C15H18ClF3N2O3S/c1-25(23,24)21-12-4-3-10(15(17,18)19)9-11(12)13(22)20-8-7-14(16)5-2-6-14/h3-4,9,21H,2,5-8H2,1H3,(H,20,22). The molecule has 0 bridgehead atoms. The number of carbonyl (C=O) groups excluding carboxylic acids is 1. The van der Waals surface area contributed by atoms with Gasteiger partial charge < -0.3 is 5.32 Å². The summed E-state index contributed by atoms with van der Waals surface area (Å²) in [5.74, 6) is -0.795. The molecule has 0 heterocycles. The van der Waals surface area contributed by atoms with Crippen LogP contribution in [0, 0.1) is 0 Å². The first-order chi connectivity index (χ1) is 11.4. The summed E-state index contributed by atoms with van der Waals surface area (Å²) in [6.07, 6.45) is -0.643. The maximum absolute atomic E-state index is 12.9. The molecule has 1 aliphatic carbocycles. The number of amides is 1. The van der Waals surface area contributed by atoms with Crippen LogP contribution in [0.15, 0.2) is 18.2 Å². The van der Waals surface area contributed by atoms with Crippen LogP contribution < -0.4 is 10.0 Å². The van der Waals surface area contributed by atoms with Crippen LogP contribution >= 0.6 is 11.6 Å². The van der Waals surface area contributed by atoms with Crippen molar-refractivity contribution in [2.24, 2.45) is 0 Å². The molecular formula is C15H18ClF3N2O3S. The van der Waals surface area contributed by atoms with E-state index in [-0.39, 0.29) is 17.1 Å². The van der Waals surface area contributed by atoms with Gasteiger partial charge in [-0.15, -0.1) is 11.6 Å². The molecule has 1 amide bonds. The summed E-state index contributed by atoms with van der Waals surface area (Å²) in [7, 11) is -3.75. The van der Waals surface area contributed by atoms with E-state index in [2.05, 4.69) is 10.0 Å². The van der Waals surface area contributed by atoms with Crippen LogP contribution in [0.3, 0.4) is 0 Å². The maximum Gasteiger partial charge on any atom is 0.416 e. The average molecular weight is 399 g/mol. The minimum Gasteiger partial charge on any atom is -0.352 e. The van der Waals surface area contributed by atoms with Crippen LogP contribution in [-0.4, -0.2) is 32.0 Å². The first-order valence-corrected chi connectivity index (χ1v) is 9.83. The molecule has 1 fully saturated rings. The second-order valence-electron chi connectivity index (χ2n) is 6.14. The molecule has 1 aromatic rings. The molecule has 5 nitrogen and oxygen atoms in total. The van der Waals surface area contributed by atoms with Crippen LogP contribution in [0.1, 0.15) is 41.6 Å². The van der Waals surface area contributed by atoms with E-state index in [0.717, 1.165) is 31.6 Å². The number of sulfonamides is 1. The Kier molecular flexibility index (Phi) is 5.58. The van der Waals surface area contributed by atoms with Crippen molar-refractivity contribution in [3.05, 3.63) is 29.3 Å². The topological polar surface area (TPSA) is 75.3 Å². The number of hydrogen-bond donors (Lipinski definition) is 2. The van der Waals surface area contributed by atoms with E-state index in [1.165, 1.54) is 0 Å². The number of hydrogen-bond acceptors (Lipinski definition) is 3. The Hall–Kier alpha value is -1.48. The monoisotopic (exact) mass is 398 g/mol. The highest BCUT2D eigenvalue weighted by Gasteiger charge is 2.34. The van der Waals surface area contributed by atoms with Crippen LogP contribution in [0.4, 0.5) is 18.9 Å². The lowest BCUT2D eigenvalue weighted by atomic mass is 9.82. The highest BCUT2D eigenvalue weighted by molar-refractivity contribution is 7.92. The van der Waals surface area contributed by atoms with E-state index in [1.807, 2.05) is 0 Å². The summed E-state index contributed by atoms with van der Waals surface area (Å²) in [6.45, 7) is 0.191. The second-order valence-corrected chi connectivity index (χ2v) is 8.69. The highest BCUT2D eigenvalue weighted by atomic mass is 35.5. The van der Waals surface area contributed by atoms with Gasteiger partial charge >= 0.3 is 6.18 Å². The SMILES string of the molecule is CS(=O)(=O)Nc1ccc(C(F)(F)F)cc1C(=O)NCCC1(Cl)CCC1. The normalized spacial score (nSPS) is 16.8. The van der Waals surface area contributed by atoms with Gasteiger partial charge in [0, 0.05) is 11.4 Å². The Morgan fingerprint density at radius 3 is 2.44 bits per heavy atom. The van der Waals surface area contributed by atoms with Crippen molar-refractivity contribution in [3.8, 4) is 0 Å². The van der Waals surface area contributed by atoms with Gasteiger partial charge in [0.15, 0.2) is 0 Å². The zero-order valence-corrected chi connectivity index (χ0v) is 15.0. The van der Waals surface area contributed by atoms with Crippen molar-refractivity contribution >= 4 is 33.2 Å². The van der Waals surface area contributed by atoms with Gasteiger partial charge in [-0.3, -0.25) is 9.52 Å². The molecule has 1 aliphatic rings. The fraction of sp³-hybridized carbons (Fsp3) is 0.533. The Bertz CT molecular complexity index is 762. The van der Waals surface area contributed by atoms with Gasteiger partial charge in [0.1, 0.15) is 0 Å². The van der Waals surface area contributed by atoms with E-state index in [9.17, 15) is 26.4 Å². The number of benzene rings is 1. The minimum absolute atomic E-state index is 0.191. The highest BCUT2D eigenvalue weighted by Crippen LogP contribution is 2.40. The molecule has 0 unspecified atom stereocenters. The Balaban J connectivity index is 2.20. The number of carbonyl (C=O) groups is 1. The van der Waals surface area contributed by atoms with Gasteiger partial charge in [-0.25, -0.2) is 8.42 Å². The van der Waals surface area contributed by atoms with Crippen molar-refractivity contribution in [2.45, 2.75) is 36.7 Å². The zero-order valence-electron chi connectivity index (χ0n) is 13.4. The molecule has 0 aromatic heterocycles. The summed E-state index contributed by atoms with van der Waals surface area (Å²) in [5, 5.41) is 2.50. The van der Waals surface area contributed by atoms with Gasteiger partial charge in [-0.1, -0.05) is 0 Å². The van der Waals surface area contributed by atoms with Crippen molar-refractivity contribution in [2.75, 3.05) is 17.5 Å². The fourth-order valence-corrected chi connectivity index (χ4v) is 3.44. The Labute approximate surface area is 149 Å². The van der Waals surface area contributed by atoms with Crippen molar-refractivity contribution < 1.29 is 26.4 Å². The van der Waals surface area contributed by atoms with Crippen LogP contribution in [-0.2, 0) is 16.2 Å². The molecule has 2 rings (SSSR count). The van der Waals surface area contributed by atoms with E-state index < -0.39 is 33.2 Å². The van der Waals surface area contributed by atoms with Crippen molar-refractivity contribution in [1.82, 2.24) is 5.32 Å². The van der Waals surface area contributed by atoms with E-state index in [4.69, 9.17) is 11.6 Å². The maximum atomic E-state index is 12.9. The Morgan fingerprint density at radius 1 is 1.32 bits per heavy atom. The molecule has 1 aromatic carbocycles. The summed E-state index contributed by atoms with van der Waals surface area (Å²) in [5.41, 5.74) is -1.64. The van der Waals surface area contributed by atoms with Crippen LogP contribution in [0.5, 0.6) is 0 Å². The third-order valence-electron chi connectivity index (χ3n) is 4.00. The van der Waals surface area contributed by atoms with Gasteiger partial charge in [-0.2, -0.15) is 13.2 Å². The Morgan fingerprint density at radius 2 is 1.96 bits per heavy atom. The molecule has 1 saturated carbocycles. The lowest BCUT2D eigenvalue weighted by molar-refractivity contribution is -0.137. The fourth-order valence-electron chi connectivity index (χ4n) is 2.50. The van der Waals surface area contributed by atoms with Gasteiger partial charge in [-0.05, 0) is 43.9 Å². The van der Waals surface area contributed by atoms with Gasteiger partial charge in [0.25, 0.3) is 5.91 Å². The third kappa shape index (κ3) is 5.50. The first-order valence-electron chi connectivity index (χ1n) is 7.56. The number of alkyl halides is 4. The lowest BCUT2D eigenvalue weighted by Gasteiger charge is -2.35. The summed E-state index contributed by atoms with van der Waals surface area (Å²) >= 11 is 6.25. The van der Waals surface area contributed by atoms with E-state index in [1.54, 1.807) is 0 Å². The summed E-state index contributed by atoms with van der Waals surface area (Å²) in [6, 6.07) is 2.27. The molecule has 0 radical (unpaired) electrons. The number of halogens is 4. The molecule has 0 saturated heterocycles. The summed E-state index contributed by atoms with van der Waals surface area (Å²) < 4.78 is 63.4. The van der Waals surface area contributed by atoms with Gasteiger partial charge in [0.2, 0.25) is 10.0 Å². The molecule has 0 spiro atoms. The number of anilines is 1. The molecule has 25 heavy (non-hydrogen) atoms. The number of rotatable bonds is 6.